The molecule has 1 aliphatic heterocycles. The first kappa shape index (κ1) is 14.6. The van der Waals surface area contributed by atoms with Crippen molar-refractivity contribution in [2.24, 2.45) is 5.92 Å². The maximum atomic E-state index is 13.1. The Bertz CT molecular complexity index is 481. The Morgan fingerprint density at radius 3 is 2.52 bits per heavy atom. The van der Waals surface area contributed by atoms with Gasteiger partial charge in [0.1, 0.15) is 0 Å². The molecule has 1 heterocycles. The second-order valence-corrected chi connectivity index (χ2v) is 6.44. The fraction of sp³-hybridized carbons (Fsp3) is 0.611. The predicted octanol–water partition coefficient (Wildman–Crippen LogP) is 2.73. The molecular formula is C18H25NO2. The van der Waals surface area contributed by atoms with Crippen LogP contribution in [0, 0.1) is 5.92 Å². The number of hydrogen-bond donors (Lipinski definition) is 1. The molecule has 1 aliphatic carbocycles. The van der Waals surface area contributed by atoms with E-state index < -0.39 is 0 Å². The summed E-state index contributed by atoms with van der Waals surface area (Å²) >= 11 is 0. The maximum absolute atomic E-state index is 13.1. The summed E-state index contributed by atoms with van der Waals surface area (Å²) in [5.74, 6) is 0.708. The van der Waals surface area contributed by atoms with Crippen LogP contribution in [-0.2, 0) is 10.2 Å². The van der Waals surface area contributed by atoms with Gasteiger partial charge in [-0.25, -0.2) is 0 Å². The summed E-state index contributed by atoms with van der Waals surface area (Å²) in [7, 11) is 0. The van der Waals surface area contributed by atoms with E-state index in [1.54, 1.807) is 0 Å². The van der Waals surface area contributed by atoms with Crippen LogP contribution in [0.25, 0.3) is 0 Å². The van der Waals surface area contributed by atoms with Gasteiger partial charge >= 0.3 is 0 Å². The third kappa shape index (κ3) is 2.48. The van der Waals surface area contributed by atoms with Crippen LogP contribution >= 0.6 is 0 Å². The van der Waals surface area contributed by atoms with E-state index in [2.05, 4.69) is 12.1 Å². The number of benzene rings is 1. The molecule has 3 nitrogen and oxygen atoms in total. The third-order valence-electron chi connectivity index (χ3n) is 5.41. The van der Waals surface area contributed by atoms with Crippen LogP contribution in [-0.4, -0.2) is 35.6 Å². The lowest BCUT2D eigenvalue weighted by atomic mass is 9.64. The SMILES string of the molecule is O=C1N(CCO)CCC1(c1ccccc1)C1CCCCC1. The molecule has 1 aromatic rings. The fourth-order valence-electron chi connectivity index (χ4n) is 4.35. The lowest BCUT2D eigenvalue weighted by Crippen LogP contribution is -2.45. The summed E-state index contributed by atoms with van der Waals surface area (Å²) in [6.45, 7) is 1.31. The van der Waals surface area contributed by atoms with E-state index in [-0.39, 0.29) is 17.9 Å². The summed E-state index contributed by atoms with van der Waals surface area (Å²) in [5.41, 5.74) is 0.846. The molecule has 114 valence electrons. The molecule has 0 aromatic heterocycles. The van der Waals surface area contributed by atoms with Crippen LogP contribution in [0.3, 0.4) is 0 Å². The van der Waals surface area contributed by atoms with E-state index in [0.29, 0.717) is 12.5 Å². The Labute approximate surface area is 127 Å². The van der Waals surface area contributed by atoms with Gasteiger partial charge < -0.3 is 10.0 Å². The molecule has 0 spiro atoms. The van der Waals surface area contributed by atoms with Crippen LogP contribution in [0.1, 0.15) is 44.1 Å². The Hall–Kier alpha value is -1.35. The van der Waals surface area contributed by atoms with E-state index in [1.807, 2.05) is 23.1 Å². The van der Waals surface area contributed by atoms with Crippen LogP contribution in [0.4, 0.5) is 0 Å². The smallest absolute Gasteiger partial charge is 0.233 e. The molecule has 1 unspecified atom stereocenters. The van der Waals surface area contributed by atoms with Gasteiger partial charge in [0.15, 0.2) is 0 Å². The Kier molecular flexibility index (Phi) is 4.29. The van der Waals surface area contributed by atoms with Crippen molar-refractivity contribution in [2.75, 3.05) is 19.7 Å². The van der Waals surface area contributed by atoms with E-state index in [9.17, 15) is 9.90 Å². The molecule has 21 heavy (non-hydrogen) atoms. The number of hydrogen-bond acceptors (Lipinski definition) is 2. The van der Waals surface area contributed by atoms with Crippen molar-refractivity contribution in [3.8, 4) is 0 Å². The molecule has 2 aliphatic rings. The highest BCUT2D eigenvalue weighted by atomic mass is 16.3. The van der Waals surface area contributed by atoms with Gasteiger partial charge in [-0.05, 0) is 30.7 Å². The molecule has 1 aromatic carbocycles. The van der Waals surface area contributed by atoms with E-state index in [4.69, 9.17) is 0 Å². The Morgan fingerprint density at radius 1 is 1.14 bits per heavy atom. The monoisotopic (exact) mass is 287 g/mol. The van der Waals surface area contributed by atoms with Gasteiger partial charge in [-0.15, -0.1) is 0 Å². The van der Waals surface area contributed by atoms with Crippen molar-refractivity contribution in [1.82, 2.24) is 4.90 Å². The summed E-state index contributed by atoms with van der Waals surface area (Å²) in [6, 6.07) is 10.3. The second kappa shape index (κ2) is 6.18. The normalized spacial score (nSPS) is 27.3. The van der Waals surface area contributed by atoms with Crippen LogP contribution < -0.4 is 0 Å². The molecule has 0 bridgehead atoms. The molecule has 1 saturated heterocycles. The quantitative estimate of drug-likeness (QED) is 0.925. The minimum atomic E-state index is -0.336. The molecule has 3 rings (SSSR count). The van der Waals surface area contributed by atoms with Crippen molar-refractivity contribution in [1.29, 1.82) is 0 Å². The number of likely N-dealkylation sites (tertiary alicyclic amines) is 1. The van der Waals surface area contributed by atoms with Crippen molar-refractivity contribution >= 4 is 5.91 Å². The number of carbonyl (C=O) groups excluding carboxylic acids is 1. The summed E-state index contributed by atoms with van der Waals surface area (Å²) in [6.07, 6.45) is 7.01. The lowest BCUT2D eigenvalue weighted by Gasteiger charge is -2.38. The zero-order valence-electron chi connectivity index (χ0n) is 12.6. The molecule has 2 fully saturated rings. The summed E-state index contributed by atoms with van der Waals surface area (Å²) in [4.78, 5) is 15.0. The summed E-state index contributed by atoms with van der Waals surface area (Å²) in [5, 5.41) is 9.20. The molecule has 0 radical (unpaired) electrons. The van der Waals surface area contributed by atoms with Gasteiger partial charge in [-0.2, -0.15) is 0 Å². The van der Waals surface area contributed by atoms with Crippen LogP contribution in [0.15, 0.2) is 30.3 Å². The average Bonchev–Trinajstić information content (AvgIpc) is 2.88. The Morgan fingerprint density at radius 2 is 1.86 bits per heavy atom. The number of nitrogens with zero attached hydrogens (tertiary/aromatic N) is 1. The van der Waals surface area contributed by atoms with Crippen LogP contribution in [0.2, 0.25) is 0 Å². The Balaban J connectivity index is 1.97. The highest BCUT2D eigenvalue weighted by Crippen LogP contribution is 2.47. The van der Waals surface area contributed by atoms with Gasteiger partial charge in [0.25, 0.3) is 0 Å². The first-order valence-corrected chi connectivity index (χ1v) is 8.25. The molecule has 1 saturated carbocycles. The van der Waals surface area contributed by atoms with E-state index >= 15 is 0 Å². The van der Waals surface area contributed by atoms with Crippen LogP contribution in [0.5, 0.6) is 0 Å². The number of carbonyl (C=O) groups is 1. The maximum Gasteiger partial charge on any atom is 0.233 e. The minimum absolute atomic E-state index is 0.0568. The van der Waals surface area contributed by atoms with E-state index in [1.165, 1.54) is 24.8 Å². The van der Waals surface area contributed by atoms with E-state index in [0.717, 1.165) is 25.8 Å². The molecule has 1 N–H and O–H groups in total. The third-order valence-corrected chi connectivity index (χ3v) is 5.41. The van der Waals surface area contributed by atoms with Gasteiger partial charge in [-0.3, -0.25) is 4.79 Å². The number of aliphatic hydroxyl groups is 1. The summed E-state index contributed by atoms with van der Waals surface area (Å²) < 4.78 is 0. The zero-order valence-corrected chi connectivity index (χ0v) is 12.6. The fourth-order valence-corrected chi connectivity index (χ4v) is 4.35. The molecular weight excluding hydrogens is 262 g/mol. The largest absolute Gasteiger partial charge is 0.395 e. The minimum Gasteiger partial charge on any atom is -0.395 e. The molecule has 1 amide bonds. The van der Waals surface area contributed by atoms with Crippen molar-refractivity contribution in [2.45, 2.75) is 43.9 Å². The average molecular weight is 287 g/mol. The van der Waals surface area contributed by atoms with Gasteiger partial charge in [0.2, 0.25) is 5.91 Å². The number of rotatable bonds is 4. The second-order valence-electron chi connectivity index (χ2n) is 6.44. The van der Waals surface area contributed by atoms with Gasteiger partial charge in [-0.1, -0.05) is 49.6 Å². The number of amides is 1. The first-order valence-electron chi connectivity index (χ1n) is 8.25. The highest BCUT2D eigenvalue weighted by Gasteiger charge is 2.52. The van der Waals surface area contributed by atoms with Gasteiger partial charge in [0.05, 0.1) is 12.0 Å². The predicted molar refractivity (Wildman–Crippen MR) is 83.0 cm³/mol. The van der Waals surface area contributed by atoms with Crippen molar-refractivity contribution in [3.63, 3.8) is 0 Å². The lowest BCUT2D eigenvalue weighted by molar-refractivity contribution is -0.135. The first-order chi connectivity index (χ1) is 10.3. The topological polar surface area (TPSA) is 40.5 Å². The number of aliphatic hydroxyl groups excluding tert-OH is 1. The standard InChI is InChI=1S/C18H25NO2/c20-14-13-19-12-11-18(17(19)21,15-7-3-1-4-8-15)16-9-5-2-6-10-16/h1,3-4,7-8,16,20H,2,5-6,9-14H2. The zero-order chi connectivity index (χ0) is 14.7. The molecule has 1 atom stereocenters. The number of β-amino-alcohol motifs (C(OH)–C–C–N with tert-alkyl or cyclic N) is 1. The highest BCUT2D eigenvalue weighted by molar-refractivity contribution is 5.90. The van der Waals surface area contributed by atoms with Gasteiger partial charge in [0, 0.05) is 13.1 Å². The van der Waals surface area contributed by atoms with Crippen molar-refractivity contribution in [3.05, 3.63) is 35.9 Å². The molecule has 3 heteroatoms. The van der Waals surface area contributed by atoms with Crippen molar-refractivity contribution < 1.29 is 9.90 Å².